The highest BCUT2D eigenvalue weighted by Gasteiger charge is 2.18. The van der Waals surface area contributed by atoms with Gasteiger partial charge in [0.05, 0.1) is 17.8 Å². The van der Waals surface area contributed by atoms with Gasteiger partial charge in [0.2, 0.25) is 0 Å². The number of carbonyl (C=O) groups excluding carboxylic acids is 1. The van der Waals surface area contributed by atoms with Crippen molar-refractivity contribution < 1.29 is 19.2 Å². The van der Waals surface area contributed by atoms with E-state index in [0.717, 1.165) is 5.69 Å². The third kappa shape index (κ3) is 5.18. The molecule has 4 rings (SSSR count). The van der Waals surface area contributed by atoms with Gasteiger partial charge in [-0.2, -0.15) is 0 Å². The molecule has 1 aromatic heterocycles. The normalized spacial score (nSPS) is 10.6. The van der Waals surface area contributed by atoms with Gasteiger partial charge >= 0.3 is 5.97 Å². The van der Waals surface area contributed by atoms with Crippen molar-refractivity contribution in [3.8, 4) is 28.6 Å². The fraction of sp³-hybridized carbons (Fsp3) is 0.0870. The summed E-state index contributed by atoms with van der Waals surface area (Å²) in [5, 5.41) is 20.0. The molecule has 0 N–H and O–H groups in total. The van der Waals surface area contributed by atoms with Crippen molar-refractivity contribution >= 4 is 23.4 Å². The predicted octanol–water partition coefficient (Wildman–Crippen LogP) is 4.55. The van der Waals surface area contributed by atoms with Crippen LogP contribution < -0.4 is 9.47 Å². The lowest BCUT2D eigenvalue weighted by Gasteiger charge is -2.10. The van der Waals surface area contributed by atoms with Gasteiger partial charge in [-0.25, -0.2) is 0 Å². The first-order valence-electron chi connectivity index (χ1n) is 9.78. The number of carbonyl (C=O) groups is 1. The number of benzene rings is 3. The van der Waals surface area contributed by atoms with E-state index in [0.29, 0.717) is 28.0 Å². The molecule has 0 radical (unpaired) electrons. The average molecular weight is 462 g/mol. The molecule has 4 aromatic rings. The maximum absolute atomic E-state index is 12.4. The number of nitro benzene ring substituents is 1. The number of para-hydroxylation sites is 1. The number of rotatable bonds is 8. The Balaban J connectivity index is 1.58. The van der Waals surface area contributed by atoms with E-state index in [-0.39, 0.29) is 11.4 Å². The second-order valence-corrected chi connectivity index (χ2v) is 7.67. The summed E-state index contributed by atoms with van der Waals surface area (Å²) in [4.78, 5) is 22.9. The molecule has 0 amide bonds. The fourth-order valence-corrected chi connectivity index (χ4v) is 3.77. The highest BCUT2D eigenvalue weighted by atomic mass is 32.2. The summed E-state index contributed by atoms with van der Waals surface area (Å²) in [6.07, 6.45) is 0. The summed E-state index contributed by atoms with van der Waals surface area (Å²) in [5.74, 6) is 1.02. The van der Waals surface area contributed by atoms with Gasteiger partial charge in [0.1, 0.15) is 11.5 Å². The molecule has 0 aliphatic carbocycles. The monoisotopic (exact) mass is 462 g/mol. The summed E-state index contributed by atoms with van der Waals surface area (Å²) >= 11 is 1.18. The van der Waals surface area contributed by atoms with Crippen LogP contribution in [0.3, 0.4) is 0 Å². The molecule has 0 unspecified atom stereocenters. The van der Waals surface area contributed by atoms with Gasteiger partial charge in [0, 0.05) is 29.4 Å². The Hall–Kier alpha value is -4.18. The Bertz CT molecular complexity index is 1280. The van der Waals surface area contributed by atoms with Crippen LogP contribution in [0.4, 0.5) is 5.69 Å². The Morgan fingerprint density at radius 3 is 2.42 bits per heavy atom. The lowest BCUT2D eigenvalue weighted by Crippen LogP contribution is -2.11. The lowest BCUT2D eigenvalue weighted by atomic mass is 10.2. The Kier molecular flexibility index (Phi) is 6.65. The van der Waals surface area contributed by atoms with Crippen molar-refractivity contribution in [2.75, 3.05) is 12.9 Å². The first-order valence-corrected chi connectivity index (χ1v) is 10.8. The molecular formula is C23H18N4O5S. The molecule has 0 atom stereocenters. The number of ether oxygens (including phenoxy) is 2. The van der Waals surface area contributed by atoms with E-state index in [4.69, 9.17) is 9.47 Å². The van der Waals surface area contributed by atoms with E-state index in [9.17, 15) is 14.9 Å². The number of hydrogen-bond donors (Lipinski definition) is 0. The number of thioether (sulfide) groups is 1. The number of nitrogens with zero attached hydrogens (tertiary/aromatic N) is 4. The molecule has 10 heteroatoms. The summed E-state index contributed by atoms with van der Waals surface area (Å²) < 4.78 is 12.3. The van der Waals surface area contributed by atoms with Crippen molar-refractivity contribution in [3.63, 3.8) is 0 Å². The number of nitro groups is 1. The van der Waals surface area contributed by atoms with Crippen molar-refractivity contribution in [3.05, 3.63) is 89.0 Å². The van der Waals surface area contributed by atoms with Gasteiger partial charge in [-0.3, -0.25) is 19.5 Å². The summed E-state index contributed by atoms with van der Waals surface area (Å²) in [6, 6.07) is 22.3. The smallest absolute Gasteiger partial charge is 0.321 e. The van der Waals surface area contributed by atoms with Crippen molar-refractivity contribution in [1.29, 1.82) is 0 Å². The second kappa shape index (κ2) is 9.96. The minimum Gasteiger partial charge on any atom is -0.497 e. The van der Waals surface area contributed by atoms with Gasteiger partial charge in [-0.15, -0.1) is 10.2 Å². The van der Waals surface area contributed by atoms with Gasteiger partial charge in [0.25, 0.3) is 5.69 Å². The zero-order valence-electron chi connectivity index (χ0n) is 17.5. The molecule has 0 saturated heterocycles. The van der Waals surface area contributed by atoms with E-state index in [1.54, 1.807) is 41.0 Å². The van der Waals surface area contributed by atoms with Crippen LogP contribution in [-0.4, -0.2) is 38.5 Å². The minimum atomic E-state index is -0.457. The molecule has 166 valence electrons. The number of aromatic nitrogens is 3. The molecule has 0 spiro atoms. The van der Waals surface area contributed by atoms with Gasteiger partial charge < -0.3 is 9.47 Å². The fourth-order valence-electron chi connectivity index (χ4n) is 3.04. The topological polar surface area (TPSA) is 109 Å². The van der Waals surface area contributed by atoms with Crippen LogP contribution in [0.5, 0.6) is 11.5 Å². The number of hydrogen-bond acceptors (Lipinski definition) is 8. The molecular weight excluding hydrogens is 444 g/mol. The summed E-state index contributed by atoms with van der Waals surface area (Å²) in [7, 11) is 1.54. The highest BCUT2D eigenvalue weighted by molar-refractivity contribution is 7.99. The maximum Gasteiger partial charge on any atom is 0.321 e. The van der Waals surface area contributed by atoms with E-state index >= 15 is 0 Å². The first-order chi connectivity index (χ1) is 16.0. The lowest BCUT2D eigenvalue weighted by molar-refractivity contribution is -0.384. The van der Waals surface area contributed by atoms with Crippen LogP contribution in [0.2, 0.25) is 0 Å². The van der Waals surface area contributed by atoms with Crippen LogP contribution >= 0.6 is 11.8 Å². The Morgan fingerprint density at radius 2 is 1.73 bits per heavy atom. The number of esters is 1. The molecule has 33 heavy (non-hydrogen) atoms. The molecule has 0 aliphatic heterocycles. The van der Waals surface area contributed by atoms with Gasteiger partial charge in [0.15, 0.2) is 11.0 Å². The molecule has 3 aromatic carbocycles. The maximum atomic E-state index is 12.4. The van der Waals surface area contributed by atoms with Gasteiger partial charge in [-0.1, -0.05) is 36.0 Å². The van der Waals surface area contributed by atoms with E-state index in [1.165, 1.54) is 31.0 Å². The number of methoxy groups -OCH3 is 1. The molecule has 0 aliphatic rings. The molecule has 9 nitrogen and oxygen atoms in total. The summed E-state index contributed by atoms with van der Waals surface area (Å²) in [6.45, 7) is 0. The molecule has 0 saturated carbocycles. The molecule has 0 bridgehead atoms. The Labute approximate surface area is 193 Å². The second-order valence-electron chi connectivity index (χ2n) is 6.72. The molecule has 0 fully saturated rings. The van der Waals surface area contributed by atoms with Crippen molar-refractivity contribution in [2.45, 2.75) is 5.16 Å². The van der Waals surface area contributed by atoms with E-state index in [2.05, 4.69) is 10.2 Å². The largest absolute Gasteiger partial charge is 0.497 e. The predicted molar refractivity (Wildman–Crippen MR) is 123 cm³/mol. The highest BCUT2D eigenvalue weighted by Crippen LogP contribution is 2.29. The SMILES string of the molecule is COc1cccc(OC(=O)CSc2nnc(-c3ccc([N+](=O)[O-])cc3)n2-c2ccccc2)c1. The van der Waals surface area contributed by atoms with Gasteiger partial charge in [-0.05, 0) is 36.4 Å². The van der Waals surface area contributed by atoms with Crippen LogP contribution in [0, 0.1) is 10.1 Å². The number of non-ortho nitro benzene ring substituents is 1. The zero-order chi connectivity index (χ0) is 23.2. The minimum absolute atomic E-state index is 0.00242. The third-order valence-corrected chi connectivity index (χ3v) is 5.48. The third-order valence-electron chi connectivity index (χ3n) is 4.58. The van der Waals surface area contributed by atoms with E-state index in [1.807, 2.05) is 30.3 Å². The van der Waals surface area contributed by atoms with Crippen LogP contribution in [0.25, 0.3) is 17.1 Å². The summed E-state index contributed by atoms with van der Waals surface area (Å²) in [5.41, 5.74) is 1.43. The standard InChI is InChI=1S/C23H18N4O5S/c1-31-19-8-5-9-20(14-19)32-21(28)15-33-23-25-24-22(26(23)17-6-3-2-4-7-17)16-10-12-18(13-11-16)27(29)30/h2-14H,15H2,1H3. The van der Waals surface area contributed by atoms with Crippen molar-refractivity contribution in [1.82, 2.24) is 14.8 Å². The molecule has 1 heterocycles. The van der Waals surface area contributed by atoms with Crippen LogP contribution in [0.15, 0.2) is 84.0 Å². The van der Waals surface area contributed by atoms with Crippen LogP contribution in [-0.2, 0) is 4.79 Å². The Morgan fingerprint density at radius 1 is 1.00 bits per heavy atom. The first kappa shape index (κ1) is 22.0. The quantitative estimate of drug-likeness (QED) is 0.123. The average Bonchev–Trinajstić information content (AvgIpc) is 3.27. The zero-order valence-corrected chi connectivity index (χ0v) is 18.3. The van der Waals surface area contributed by atoms with E-state index < -0.39 is 10.9 Å². The van der Waals surface area contributed by atoms with Crippen LogP contribution in [0.1, 0.15) is 0 Å². The van der Waals surface area contributed by atoms with Crippen molar-refractivity contribution in [2.24, 2.45) is 0 Å².